The predicted molar refractivity (Wildman–Crippen MR) is 222 cm³/mol. The van der Waals surface area contributed by atoms with E-state index in [4.69, 9.17) is 19.9 Å². The number of carbonyl (C=O) groups is 2. The van der Waals surface area contributed by atoms with Gasteiger partial charge in [0.1, 0.15) is 11.5 Å². The molecule has 0 spiro atoms. The number of halogens is 1. The first-order valence-electron chi connectivity index (χ1n) is 19.8. The lowest BCUT2D eigenvalue weighted by atomic mass is 9.65. The Balaban J connectivity index is 0.000000137. The number of ether oxygens (including phenoxy) is 3. The van der Waals surface area contributed by atoms with Crippen molar-refractivity contribution in [1.29, 1.82) is 0 Å². The van der Waals surface area contributed by atoms with E-state index in [1.54, 1.807) is 11.3 Å². The SMILES string of the molecule is CC1(C)[C@H](CC(=O)c2cc3ccc4c(c3s2)CCCO4)C2CCN1CC2.CC1(C)[C@H](N)C2CCN1CC2.Cl.O=COc1cc2ccc3c(c2s1)CCCO3. The third-order valence-electron chi connectivity index (χ3n) is 13.5. The highest BCUT2D eigenvalue weighted by Crippen LogP contribution is 2.47. The van der Waals surface area contributed by atoms with Crippen LogP contribution in [0.4, 0.5) is 0 Å². The van der Waals surface area contributed by atoms with Crippen LogP contribution in [0.2, 0.25) is 0 Å². The highest BCUT2D eigenvalue weighted by Gasteiger charge is 2.48. The molecule has 8 aliphatic heterocycles. The summed E-state index contributed by atoms with van der Waals surface area (Å²) in [5.41, 5.74) is 9.13. The van der Waals surface area contributed by atoms with Crippen LogP contribution in [0.25, 0.3) is 20.2 Å². The number of hydrogen-bond donors (Lipinski definition) is 1. The Morgan fingerprint density at radius 2 is 1.35 bits per heavy atom. The second-order valence-electron chi connectivity index (χ2n) is 16.9. The quantitative estimate of drug-likeness (QED) is 0.158. The number of rotatable bonds is 5. The Morgan fingerprint density at radius 3 is 1.87 bits per heavy atom. The second-order valence-corrected chi connectivity index (χ2v) is 19.0. The largest absolute Gasteiger partial charge is 0.493 e. The van der Waals surface area contributed by atoms with Gasteiger partial charge in [-0.2, -0.15) is 0 Å². The van der Waals surface area contributed by atoms with E-state index in [1.165, 1.54) is 89.1 Å². The summed E-state index contributed by atoms with van der Waals surface area (Å²) < 4.78 is 18.7. The van der Waals surface area contributed by atoms with Gasteiger partial charge < -0.3 is 19.9 Å². The van der Waals surface area contributed by atoms with Crippen LogP contribution in [-0.2, 0) is 17.6 Å². The average Bonchev–Trinajstić information content (AvgIpc) is 3.81. The van der Waals surface area contributed by atoms with Crippen LogP contribution < -0.4 is 19.9 Å². The molecule has 4 aromatic rings. The summed E-state index contributed by atoms with van der Waals surface area (Å²) in [5, 5.41) is 2.96. The van der Waals surface area contributed by atoms with Gasteiger partial charge in [0.25, 0.3) is 6.47 Å². The Kier molecular flexibility index (Phi) is 11.7. The fraction of sp³-hybridized carbons (Fsp3) is 0.581. The molecule has 12 rings (SSSR count). The monoisotopic (exact) mass is 793 g/mol. The summed E-state index contributed by atoms with van der Waals surface area (Å²) in [4.78, 5) is 29.6. The molecule has 6 saturated heterocycles. The van der Waals surface area contributed by atoms with Gasteiger partial charge in [0.15, 0.2) is 10.8 Å². The first kappa shape index (κ1) is 39.5. The lowest BCUT2D eigenvalue weighted by Gasteiger charge is -2.56. The number of thiophene rings is 2. The van der Waals surface area contributed by atoms with E-state index in [-0.39, 0.29) is 23.5 Å². The van der Waals surface area contributed by atoms with E-state index in [0.717, 1.165) is 72.5 Å². The zero-order chi connectivity index (χ0) is 36.9. The lowest BCUT2D eigenvalue weighted by molar-refractivity contribution is -0.120. The Hall–Kier alpha value is -2.73. The van der Waals surface area contributed by atoms with Crippen LogP contribution >= 0.6 is 35.1 Å². The van der Waals surface area contributed by atoms with Crippen LogP contribution in [0.3, 0.4) is 0 Å². The standard InChI is InChI=1S/C22H27NO2S.C12H10O3S.C9H18N2.ClH/c1-22(2)17(14-7-9-23(22)10-8-14)13-18(24)20-12-15-5-6-19-16(21(15)26-20)4-3-11-25-19;13-7-15-11-6-8-3-4-10-9(12(8)16-11)2-1-5-14-10;1-9(2)8(10)7-3-5-11(9)6-4-7;/h5-6,12,14,17H,3-4,7-11,13H2,1-2H3;3-4,6-7H,1-2,5H2;7-8H,3-6,10H2,1-2H3;1H/t17-;;8-;/m1.1./s1. The molecule has 0 unspecified atom stereocenters. The van der Waals surface area contributed by atoms with Gasteiger partial charge >= 0.3 is 0 Å². The first-order chi connectivity index (χ1) is 25.5. The fourth-order valence-corrected chi connectivity index (χ4v) is 12.4. The van der Waals surface area contributed by atoms with Crippen LogP contribution in [0.5, 0.6) is 16.6 Å². The topological polar surface area (TPSA) is 94.3 Å². The van der Waals surface area contributed by atoms with Gasteiger partial charge in [-0.15, -0.1) is 23.7 Å². The maximum absolute atomic E-state index is 13.2. The van der Waals surface area contributed by atoms with Crippen molar-refractivity contribution in [2.75, 3.05) is 39.4 Å². The molecule has 2 aromatic carbocycles. The number of nitrogens with zero attached hydrogens (tertiary/aromatic N) is 2. The molecule has 4 bridgehead atoms. The van der Waals surface area contributed by atoms with E-state index >= 15 is 0 Å². The average molecular weight is 795 g/mol. The minimum absolute atomic E-state index is 0. The van der Waals surface area contributed by atoms with E-state index in [2.05, 4.69) is 55.7 Å². The highest BCUT2D eigenvalue weighted by molar-refractivity contribution is 7.21. The van der Waals surface area contributed by atoms with Crippen molar-refractivity contribution in [3.8, 4) is 16.6 Å². The maximum atomic E-state index is 13.2. The van der Waals surface area contributed by atoms with Crippen molar-refractivity contribution in [3.05, 3.63) is 52.4 Å². The summed E-state index contributed by atoms with van der Waals surface area (Å²) in [6, 6.07) is 12.6. The van der Waals surface area contributed by atoms with Gasteiger partial charge in [0.05, 0.1) is 18.1 Å². The Labute approximate surface area is 334 Å². The van der Waals surface area contributed by atoms with Gasteiger partial charge in [-0.05, 0) is 164 Å². The molecule has 11 heteroatoms. The molecule has 8 aliphatic rings. The number of carbonyl (C=O) groups excluding carboxylic acids is 2. The minimum atomic E-state index is 0. The number of hydrogen-bond acceptors (Lipinski definition) is 10. The Bertz CT molecular complexity index is 1970. The van der Waals surface area contributed by atoms with Crippen LogP contribution in [-0.4, -0.2) is 78.6 Å². The number of piperidine rings is 6. The zero-order valence-corrected chi connectivity index (χ0v) is 34.6. The maximum Gasteiger partial charge on any atom is 0.299 e. The summed E-state index contributed by atoms with van der Waals surface area (Å²) >= 11 is 3.19. The zero-order valence-electron chi connectivity index (χ0n) is 32.2. The fourth-order valence-electron chi connectivity index (χ4n) is 10.1. The lowest BCUT2D eigenvalue weighted by Crippen LogP contribution is -2.67. The van der Waals surface area contributed by atoms with E-state index < -0.39 is 0 Å². The van der Waals surface area contributed by atoms with E-state index in [0.29, 0.717) is 35.7 Å². The van der Waals surface area contributed by atoms with Crippen LogP contribution in [0, 0.1) is 17.8 Å². The van der Waals surface area contributed by atoms with Crippen molar-refractivity contribution in [2.24, 2.45) is 23.5 Å². The van der Waals surface area contributed by atoms with Gasteiger partial charge in [0, 0.05) is 50.1 Å². The van der Waals surface area contributed by atoms with Crippen molar-refractivity contribution >= 4 is 67.5 Å². The molecule has 8 nitrogen and oxygen atoms in total. The molecule has 10 heterocycles. The smallest absolute Gasteiger partial charge is 0.299 e. The minimum Gasteiger partial charge on any atom is -0.493 e. The number of Topliss-reactive ketones (excluding diaryl/α,β-unsaturated/α-hetero) is 1. The molecule has 0 amide bonds. The third kappa shape index (κ3) is 7.43. The molecule has 0 aliphatic carbocycles. The first-order valence-corrected chi connectivity index (χ1v) is 21.4. The highest BCUT2D eigenvalue weighted by atomic mass is 35.5. The Morgan fingerprint density at radius 1 is 0.815 bits per heavy atom. The molecular weight excluding hydrogens is 738 g/mol. The summed E-state index contributed by atoms with van der Waals surface area (Å²) in [7, 11) is 0. The van der Waals surface area contributed by atoms with Crippen molar-refractivity contribution in [3.63, 3.8) is 0 Å². The van der Waals surface area contributed by atoms with Gasteiger partial charge in [-0.1, -0.05) is 11.3 Å². The number of fused-ring (bicyclic) bond motifs is 12. The van der Waals surface area contributed by atoms with Crippen molar-refractivity contribution in [2.45, 2.75) is 103 Å². The summed E-state index contributed by atoms with van der Waals surface area (Å²) in [5.74, 6) is 4.33. The number of benzene rings is 2. The van der Waals surface area contributed by atoms with Gasteiger partial charge in [-0.25, -0.2) is 0 Å². The normalized spacial score (nSPS) is 28.1. The predicted octanol–water partition coefficient (Wildman–Crippen LogP) is 8.92. The van der Waals surface area contributed by atoms with Crippen LogP contribution in [0.1, 0.15) is 93.4 Å². The molecular formula is C43H56ClN3O5S2. The number of ketones is 1. The summed E-state index contributed by atoms with van der Waals surface area (Å²) in [6.45, 7) is 16.3. The molecule has 54 heavy (non-hydrogen) atoms. The molecule has 0 saturated carbocycles. The molecule has 2 atom stereocenters. The van der Waals surface area contributed by atoms with Crippen LogP contribution in [0.15, 0.2) is 36.4 Å². The van der Waals surface area contributed by atoms with Crippen molar-refractivity contribution < 1.29 is 23.8 Å². The third-order valence-corrected chi connectivity index (χ3v) is 15.8. The number of nitrogens with two attached hydrogens (primary N) is 1. The van der Waals surface area contributed by atoms with E-state index in [9.17, 15) is 9.59 Å². The van der Waals surface area contributed by atoms with Gasteiger partial charge in [-0.3, -0.25) is 19.4 Å². The van der Waals surface area contributed by atoms with Gasteiger partial charge in [0.2, 0.25) is 0 Å². The molecule has 2 aromatic heterocycles. The molecule has 0 radical (unpaired) electrons. The second kappa shape index (κ2) is 16.0. The van der Waals surface area contributed by atoms with E-state index in [1.807, 2.05) is 18.2 Å². The van der Waals surface area contributed by atoms with Crippen molar-refractivity contribution in [1.82, 2.24) is 9.80 Å². The molecule has 292 valence electrons. The summed E-state index contributed by atoms with van der Waals surface area (Å²) in [6.07, 6.45) is 10.1. The molecule has 6 fully saturated rings. The number of aryl methyl sites for hydroxylation is 2. The molecule has 2 N–H and O–H groups in total.